The molecule has 4 rings (SSSR count). The van der Waals surface area contributed by atoms with Gasteiger partial charge in [0, 0.05) is 31.4 Å². The average molecular weight is 427 g/mol. The van der Waals surface area contributed by atoms with Crippen molar-refractivity contribution in [1.29, 1.82) is 0 Å². The van der Waals surface area contributed by atoms with Gasteiger partial charge in [0.2, 0.25) is 5.95 Å². The fourth-order valence-electron chi connectivity index (χ4n) is 3.81. The summed E-state index contributed by atoms with van der Waals surface area (Å²) >= 11 is 0. The number of halogens is 1. The zero-order valence-corrected chi connectivity index (χ0v) is 19.0. The molecule has 2 aromatic rings. The number of aryl methyl sites for hydroxylation is 1. The van der Waals surface area contributed by atoms with E-state index in [-0.39, 0.29) is 5.75 Å². The fraction of sp³-hybridized carbons (Fsp3) is 0.565. The molecule has 0 amide bonds. The second-order valence-corrected chi connectivity index (χ2v) is 9.43. The average Bonchev–Trinajstić information content (AvgIpc) is 3.29. The Balaban J connectivity index is 1.33. The van der Waals surface area contributed by atoms with Crippen LogP contribution in [0.3, 0.4) is 0 Å². The van der Waals surface area contributed by atoms with E-state index in [0.717, 1.165) is 37.4 Å². The highest BCUT2D eigenvalue weighted by Gasteiger charge is 2.51. The molecular weight excluding hydrogens is 396 g/mol. The van der Waals surface area contributed by atoms with E-state index in [1.807, 2.05) is 46.2 Å². The van der Waals surface area contributed by atoms with Gasteiger partial charge in [-0.25, -0.2) is 14.4 Å². The SMILES string of the molecule is CCc1cnc(N2CCC(COc3ccc(B4OC(C)(C)C(C)(C)O4)cc3F)C2)nc1. The van der Waals surface area contributed by atoms with Crippen LogP contribution in [0.1, 0.15) is 46.6 Å². The van der Waals surface area contributed by atoms with Crippen LogP contribution in [-0.2, 0) is 15.7 Å². The smallest absolute Gasteiger partial charge is 0.490 e. The summed E-state index contributed by atoms with van der Waals surface area (Å²) in [5, 5.41) is 0. The maximum atomic E-state index is 14.7. The first-order chi connectivity index (χ1) is 14.7. The molecule has 0 N–H and O–H groups in total. The number of aromatic nitrogens is 2. The van der Waals surface area contributed by atoms with Gasteiger partial charge in [-0.2, -0.15) is 0 Å². The minimum absolute atomic E-state index is 0.252. The lowest BCUT2D eigenvalue weighted by molar-refractivity contribution is 0.00578. The number of ether oxygens (including phenoxy) is 1. The lowest BCUT2D eigenvalue weighted by atomic mass is 9.79. The zero-order valence-electron chi connectivity index (χ0n) is 19.0. The first-order valence-electron chi connectivity index (χ1n) is 11.0. The van der Waals surface area contributed by atoms with Crippen LogP contribution < -0.4 is 15.1 Å². The highest BCUT2D eigenvalue weighted by atomic mass is 19.1. The molecule has 0 radical (unpaired) electrons. The minimum atomic E-state index is -0.587. The van der Waals surface area contributed by atoms with E-state index in [1.54, 1.807) is 6.07 Å². The molecule has 166 valence electrons. The van der Waals surface area contributed by atoms with E-state index < -0.39 is 24.1 Å². The maximum Gasteiger partial charge on any atom is 0.494 e. The third kappa shape index (κ3) is 4.55. The van der Waals surface area contributed by atoms with Crippen LogP contribution in [0.25, 0.3) is 0 Å². The lowest BCUT2D eigenvalue weighted by Crippen LogP contribution is -2.41. The van der Waals surface area contributed by atoms with Crippen molar-refractivity contribution >= 4 is 18.5 Å². The summed E-state index contributed by atoms with van der Waals surface area (Å²) in [5.41, 5.74) is 0.863. The topological polar surface area (TPSA) is 56.7 Å². The number of hydrogen-bond donors (Lipinski definition) is 0. The predicted octanol–water partition coefficient (Wildman–Crippen LogP) is 3.38. The van der Waals surface area contributed by atoms with Crippen molar-refractivity contribution in [3.8, 4) is 5.75 Å². The molecule has 0 spiro atoms. The molecule has 0 bridgehead atoms. The van der Waals surface area contributed by atoms with Crippen LogP contribution in [-0.4, -0.2) is 48.0 Å². The Hall–Kier alpha value is -2.19. The number of benzene rings is 1. The number of hydrogen-bond acceptors (Lipinski definition) is 6. The van der Waals surface area contributed by atoms with Crippen LogP contribution in [0.5, 0.6) is 5.75 Å². The molecule has 1 atom stereocenters. The zero-order chi connectivity index (χ0) is 22.2. The van der Waals surface area contributed by atoms with Crippen molar-refractivity contribution in [2.75, 3.05) is 24.6 Å². The largest absolute Gasteiger partial charge is 0.494 e. The first-order valence-corrected chi connectivity index (χ1v) is 11.0. The highest BCUT2D eigenvalue weighted by molar-refractivity contribution is 6.62. The molecule has 3 heterocycles. The molecule has 1 aromatic heterocycles. The molecule has 1 aromatic carbocycles. The van der Waals surface area contributed by atoms with Crippen molar-refractivity contribution in [2.45, 2.75) is 58.7 Å². The Labute approximate surface area is 184 Å². The summed E-state index contributed by atoms with van der Waals surface area (Å²) < 4.78 is 32.5. The Morgan fingerprint density at radius 1 is 1.16 bits per heavy atom. The summed E-state index contributed by atoms with van der Waals surface area (Å²) in [7, 11) is -0.587. The van der Waals surface area contributed by atoms with Crippen LogP contribution in [0.4, 0.5) is 10.3 Å². The van der Waals surface area contributed by atoms with Gasteiger partial charge in [0.15, 0.2) is 11.6 Å². The first kappa shape index (κ1) is 22.0. The third-order valence-corrected chi connectivity index (χ3v) is 6.62. The molecule has 8 heteroatoms. The molecule has 0 aliphatic carbocycles. The van der Waals surface area contributed by atoms with Gasteiger partial charge in [0.25, 0.3) is 0 Å². The third-order valence-electron chi connectivity index (χ3n) is 6.62. The highest BCUT2D eigenvalue weighted by Crippen LogP contribution is 2.36. The fourth-order valence-corrected chi connectivity index (χ4v) is 3.81. The van der Waals surface area contributed by atoms with Crippen molar-refractivity contribution in [3.63, 3.8) is 0 Å². The molecule has 31 heavy (non-hydrogen) atoms. The summed E-state index contributed by atoms with van der Waals surface area (Å²) in [6.45, 7) is 12.1. The molecule has 2 aliphatic heterocycles. The van der Waals surface area contributed by atoms with E-state index >= 15 is 0 Å². The van der Waals surface area contributed by atoms with Gasteiger partial charge < -0.3 is 18.9 Å². The normalized spacial score (nSPS) is 22.2. The van der Waals surface area contributed by atoms with E-state index in [2.05, 4.69) is 21.8 Å². The van der Waals surface area contributed by atoms with Crippen LogP contribution >= 0.6 is 0 Å². The van der Waals surface area contributed by atoms with Gasteiger partial charge in [-0.05, 0) is 63.7 Å². The second kappa shape index (κ2) is 8.39. The van der Waals surface area contributed by atoms with Gasteiger partial charge in [-0.1, -0.05) is 13.0 Å². The Morgan fingerprint density at radius 3 is 2.45 bits per heavy atom. The van der Waals surface area contributed by atoms with E-state index in [9.17, 15) is 4.39 Å². The van der Waals surface area contributed by atoms with Crippen molar-refractivity contribution in [1.82, 2.24) is 9.97 Å². The van der Waals surface area contributed by atoms with Crippen LogP contribution in [0, 0.1) is 11.7 Å². The van der Waals surface area contributed by atoms with Crippen molar-refractivity contribution < 1.29 is 18.4 Å². The summed E-state index contributed by atoms with van der Waals surface area (Å²) in [5.74, 6) is 0.900. The van der Waals surface area contributed by atoms with E-state index in [4.69, 9.17) is 14.0 Å². The Bertz CT molecular complexity index is 907. The molecule has 2 aliphatic rings. The van der Waals surface area contributed by atoms with E-state index in [0.29, 0.717) is 18.0 Å². The molecule has 2 saturated heterocycles. The summed E-state index contributed by atoms with van der Waals surface area (Å²) in [6, 6.07) is 4.92. The number of rotatable bonds is 6. The lowest BCUT2D eigenvalue weighted by Gasteiger charge is -2.32. The van der Waals surface area contributed by atoms with Gasteiger partial charge in [0.1, 0.15) is 0 Å². The second-order valence-electron chi connectivity index (χ2n) is 9.43. The summed E-state index contributed by atoms with van der Waals surface area (Å²) in [4.78, 5) is 11.1. The van der Waals surface area contributed by atoms with Crippen LogP contribution in [0.2, 0.25) is 0 Å². The standard InChI is InChI=1S/C23H31BFN3O3/c1-6-16-12-26-21(27-13-16)28-10-9-17(14-28)15-29-20-8-7-18(11-19(20)25)24-30-22(2,3)23(4,5)31-24/h7-8,11-13,17H,6,9-10,14-15H2,1-5H3. The van der Waals surface area contributed by atoms with Gasteiger partial charge in [-0.3, -0.25) is 0 Å². The molecule has 0 saturated carbocycles. The molecular formula is C23H31BFN3O3. The van der Waals surface area contributed by atoms with Crippen LogP contribution in [0.15, 0.2) is 30.6 Å². The molecule has 1 unspecified atom stereocenters. The Kier molecular flexibility index (Phi) is 5.96. The minimum Gasteiger partial charge on any atom is -0.490 e. The monoisotopic (exact) mass is 427 g/mol. The Morgan fingerprint density at radius 2 is 1.84 bits per heavy atom. The quantitative estimate of drug-likeness (QED) is 0.659. The van der Waals surface area contributed by atoms with Crippen molar-refractivity contribution in [2.24, 2.45) is 5.92 Å². The number of nitrogens with zero attached hydrogens (tertiary/aromatic N) is 3. The predicted molar refractivity (Wildman–Crippen MR) is 119 cm³/mol. The van der Waals surface area contributed by atoms with E-state index in [1.165, 1.54) is 6.07 Å². The molecule has 2 fully saturated rings. The summed E-state index contributed by atoms with van der Waals surface area (Å²) in [6.07, 6.45) is 5.65. The molecule has 6 nitrogen and oxygen atoms in total. The van der Waals surface area contributed by atoms with Gasteiger partial charge >= 0.3 is 7.12 Å². The number of anilines is 1. The van der Waals surface area contributed by atoms with Gasteiger partial charge in [-0.15, -0.1) is 0 Å². The van der Waals surface area contributed by atoms with Crippen molar-refractivity contribution in [3.05, 3.63) is 42.0 Å². The maximum absolute atomic E-state index is 14.7. The van der Waals surface area contributed by atoms with Gasteiger partial charge in [0.05, 0.1) is 17.8 Å².